The third-order valence-corrected chi connectivity index (χ3v) is 8.93. The van der Waals surface area contributed by atoms with Crippen LogP contribution in [0.4, 0.5) is 17.1 Å². The second-order valence-electron chi connectivity index (χ2n) is 11.9. The molecule has 0 radical (unpaired) electrons. The van der Waals surface area contributed by atoms with E-state index in [-0.39, 0.29) is 5.41 Å². The zero-order valence-corrected chi connectivity index (χ0v) is 24.1. The Morgan fingerprint density at radius 2 is 1.19 bits per heavy atom. The molecule has 1 aliphatic carbocycles. The van der Waals surface area contributed by atoms with Crippen LogP contribution in [-0.2, 0) is 5.41 Å². The van der Waals surface area contributed by atoms with Crippen molar-refractivity contribution in [2.75, 3.05) is 4.90 Å². The molecule has 2 heteroatoms. The maximum Gasteiger partial charge on any atom is 0.135 e. The molecule has 0 fully saturated rings. The number of rotatable bonds is 4. The van der Waals surface area contributed by atoms with Gasteiger partial charge in [-0.05, 0) is 88.8 Å². The van der Waals surface area contributed by atoms with Crippen LogP contribution in [0.3, 0.4) is 0 Å². The molecule has 0 amide bonds. The fraction of sp³-hybridized carbons (Fsp3) is 0.100. The molecule has 0 saturated carbocycles. The van der Waals surface area contributed by atoms with E-state index < -0.39 is 0 Å². The van der Waals surface area contributed by atoms with Crippen LogP contribution in [0.2, 0.25) is 0 Å². The maximum atomic E-state index is 6.07. The van der Waals surface area contributed by atoms with Gasteiger partial charge in [0.1, 0.15) is 11.2 Å². The molecule has 0 spiro atoms. The Kier molecular flexibility index (Phi) is 5.42. The van der Waals surface area contributed by atoms with Crippen molar-refractivity contribution in [1.82, 2.24) is 0 Å². The van der Waals surface area contributed by atoms with Crippen molar-refractivity contribution in [3.8, 4) is 22.3 Å². The van der Waals surface area contributed by atoms with Gasteiger partial charge in [-0.2, -0.15) is 0 Å². The van der Waals surface area contributed by atoms with E-state index in [1.54, 1.807) is 0 Å². The van der Waals surface area contributed by atoms with Crippen molar-refractivity contribution in [2.45, 2.75) is 26.2 Å². The number of fused-ring (bicyclic) bond motifs is 6. The van der Waals surface area contributed by atoms with E-state index in [0.717, 1.165) is 33.3 Å². The molecule has 1 heterocycles. The third-order valence-electron chi connectivity index (χ3n) is 8.93. The molecule has 2 nitrogen and oxygen atoms in total. The fourth-order valence-electron chi connectivity index (χ4n) is 6.84. The minimum Gasteiger partial charge on any atom is -0.456 e. The number of para-hydroxylation sites is 1. The van der Waals surface area contributed by atoms with Crippen molar-refractivity contribution in [1.29, 1.82) is 0 Å². The molecule has 7 aromatic rings. The van der Waals surface area contributed by atoms with Gasteiger partial charge < -0.3 is 9.32 Å². The van der Waals surface area contributed by atoms with Crippen molar-refractivity contribution in [3.05, 3.63) is 150 Å². The van der Waals surface area contributed by atoms with Gasteiger partial charge in [-0.25, -0.2) is 0 Å². The minimum absolute atomic E-state index is 0.117. The molecular weight excluding hydrogens is 510 g/mol. The van der Waals surface area contributed by atoms with Crippen LogP contribution in [0.25, 0.3) is 44.2 Å². The Hall–Kier alpha value is -5.08. The normalized spacial score (nSPS) is 13.3. The summed E-state index contributed by atoms with van der Waals surface area (Å²) in [6, 6.07) is 48.2. The Balaban J connectivity index is 1.26. The average Bonchev–Trinajstić information content (AvgIpc) is 3.51. The lowest BCUT2D eigenvalue weighted by molar-refractivity contribution is 0.661. The number of furan rings is 1. The van der Waals surface area contributed by atoms with Gasteiger partial charge in [-0.3, -0.25) is 0 Å². The molecule has 42 heavy (non-hydrogen) atoms. The van der Waals surface area contributed by atoms with Gasteiger partial charge in [0.05, 0.1) is 5.69 Å². The highest BCUT2D eigenvalue weighted by atomic mass is 16.3. The molecule has 8 rings (SSSR count). The topological polar surface area (TPSA) is 16.4 Å². The molecule has 0 bridgehead atoms. The standard InChI is InChI=1S/C40H31NO/c1-26-15-20-29(21-16-26)41(36-13-8-11-33-31-9-4-6-12-35(31)40(2,3)39(33)36)30-22-17-27(18-23-30)28-19-24-38-34(25-28)32-10-5-7-14-37(32)42-38/h4-25H,1-3H3. The Labute approximate surface area is 246 Å². The fourth-order valence-corrected chi connectivity index (χ4v) is 6.84. The van der Waals surface area contributed by atoms with Gasteiger partial charge in [0.25, 0.3) is 0 Å². The number of anilines is 3. The zero-order chi connectivity index (χ0) is 28.4. The first-order chi connectivity index (χ1) is 20.5. The van der Waals surface area contributed by atoms with Gasteiger partial charge >= 0.3 is 0 Å². The van der Waals surface area contributed by atoms with Crippen molar-refractivity contribution in [2.24, 2.45) is 0 Å². The SMILES string of the molecule is Cc1ccc(N(c2ccc(-c3ccc4oc5ccccc5c4c3)cc2)c2cccc3c2C(C)(C)c2ccccc2-3)cc1. The summed E-state index contributed by atoms with van der Waals surface area (Å²) in [6.45, 7) is 6.85. The van der Waals surface area contributed by atoms with Crippen molar-refractivity contribution < 1.29 is 4.42 Å². The summed E-state index contributed by atoms with van der Waals surface area (Å²) in [5.74, 6) is 0. The molecule has 0 atom stereocenters. The van der Waals surface area contributed by atoms with Crippen molar-refractivity contribution in [3.63, 3.8) is 0 Å². The summed E-state index contributed by atoms with van der Waals surface area (Å²) in [7, 11) is 0. The summed E-state index contributed by atoms with van der Waals surface area (Å²) >= 11 is 0. The van der Waals surface area contributed by atoms with Crippen molar-refractivity contribution >= 4 is 39.0 Å². The van der Waals surface area contributed by atoms with Crippen LogP contribution >= 0.6 is 0 Å². The quantitative estimate of drug-likeness (QED) is 0.220. The van der Waals surface area contributed by atoms with E-state index in [1.807, 2.05) is 12.1 Å². The van der Waals surface area contributed by atoms with E-state index in [2.05, 4.69) is 147 Å². The van der Waals surface area contributed by atoms with Crippen LogP contribution in [0.5, 0.6) is 0 Å². The van der Waals surface area contributed by atoms with E-state index >= 15 is 0 Å². The lowest BCUT2D eigenvalue weighted by Crippen LogP contribution is -2.20. The molecule has 0 aliphatic heterocycles. The van der Waals surface area contributed by atoms with Gasteiger partial charge in [-0.1, -0.05) is 104 Å². The number of hydrogen-bond donors (Lipinski definition) is 0. The number of benzene rings is 6. The van der Waals surface area contributed by atoms with Gasteiger partial charge in [0.2, 0.25) is 0 Å². The van der Waals surface area contributed by atoms with Crippen LogP contribution in [0.15, 0.2) is 138 Å². The van der Waals surface area contributed by atoms with Gasteiger partial charge in [0.15, 0.2) is 0 Å². The van der Waals surface area contributed by atoms with Crippen LogP contribution < -0.4 is 4.90 Å². The molecule has 1 aromatic heterocycles. The molecule has 0 N–H and O–H groups in total. The predicted octanol–water partition coefficient (Wildman–Crippen LogP) is 11.3. The molecule has 202 valence electrons. The third kappa shape index (κ3) is 3.72. The summed E-state index contributed by atoms with van der Waals surface area (Å²) < 4.78 is 6.07. The smallest absolute Gasteiger partial charge is 0.135 e. The van der Waals surface area contributed by atoms with E-state index in [9.17, 15) is 0 Å². The molecule has 0 saturated heterocycles. The highest BCUT2D eigenvalue weighted by Crippen LogP contribution is 2.54. The number of nitrogens with zero attached hydrogens (tertiary/aromatic N) is 1. The zero-order valence-electron chi connectivity index (χ0n) is 24.1. The molecular formula is C40H31NO. The lowest BCUT2D eigenvalue weighted by Gasteiger charge is -2.32. The maximum absolute atomic E-state index is 6.07. The Bertz CT molecular complexity index is 2110. The van der Waals surface area contributed by atoms with Crippen LogP contribution in [0, 0.1) is 6.92 Å². The Morgan fingerprint density at radius 3 is 2.00 bits per heavy atom. The lowest BCUT2D eigenvalue weighted by atomic mass is 9.81. The number of aryl methyl sites for hydroxylation is 1. The van der Waals surface area contributed by atoms with Gasteiger partial charge in [-0.15, -0.1) is 0 Å². The Morgan fingerprint density at radius 1 is 0.548 bits per heavy atom. The largest absolute Gasteiger partial charge is 0.456 e. The summed E-state index contributed by atoms with van der Waals surface area (Å²) in [5, 5.41) is 2.30. The van der Waals surface area contributed by atoms with Crippen LogP contribution in [-0.4, -0.2) is 0 Å². The first kappa shape index (κ1) is 24.7. The predicted molar refractivity (Wildman–Crippen MR) is 176 cm³/mol. The summed E-state index contributed by atoms with van der Waals surface area (Å²) in [6.07, 6.45) is 0. The highest BCUT2D eigenvalue weighted by Gasteiger charge is 2.38. The second-order valence-corrected chi connectivity index (χ2v) is 11.9. The monoisotopic (exact) mass is 541 g/mol. The molecule has 6 aromatic carbocycles. The highest BCUT2D eigenvalue weighted by molar-refractivity contribution is 6.06. The molecule has 0 unspecified atom stereocenters. The van der Waals surface area contributed by atoms with Crippen LogP contribution in [0.1, 0.15) is 30.5 Å². The minimum atomic E-state index is -0.117. The average molecular weight is 542 g/mol. The van der Waals surface area contributed by atoms with Gasteiger partial charge in [0, 0.05) is 27.6 Å². The first-order valence-corrected chi connectivity index (χ1v) is 14.6. The number of hydrogen-bond acceptors (Lipinski definition) is 2. The summed E-state index contributed by atoms with van der Waals surface area (Å²) in [4.78, 5) is 2.42. The first-order valence-electron chi connectivity index (χ1n) is 14.6. The van der Waals surface area contributed by atoms with E-state index in [1.165, 1.54) is 44.6 Å². The summed E-state index contributed by atoms with van der Waals surface area (Å²) in [5.41, 5.74) is 14.3. The van der Waals surface area contributed by atoms with E-state index in [4.69, 9.17) is 4.42 Å². The second kappa shape index (κ2) is 9.22. The molecule has 1 aliphatic rings. The van der Waals surface area contributed by atoms with E-state index in [0.29, 0.717) is 0 Å².